The van der Waals surface area contributed by atoms with Gasteiger partial charge in [0.15, 0.2) is 5.78 Å². The molecular weight excluding hydrogens is 357 g/mol. The third kappa shape index (κ3) is 5.16. The van der Waals surface area contributed by atoms with E-state index in [2.05, 4.69) is 10.2 Å². The molecule has 6 heteroatoms. The molecule has 28 heavy (non-hydrogen) atoms. The zero-order chi connectivity index (χ0) is 19.9. The molecule has 148 valence electrons. The number of anilines is 1. The van der Waals surface area contributed by atoms with Crippen molar-refractivity contribution >= 4 is 17.4 Å². The van der Waals surface area contributed by atoms with Gasteiger partial charge in [-0.15, -0.1) is 0 Å². The summed E-state index contributed by atoms with van der Waals surface area (Å²) in [6.07, 6.45) is 2.46. The van der Waals surface area contributed by atoms with Crippen molar-refractivity contribution in [1.82, 2.24) is 10.2 Å². The number of para-hydroxylation sites is 1. The van der Waals surface area contributed by atoms with E-state index in [1.165, 1.54) is 12.1 Å². The van der Waals surface area contributed by atoms with Crippen molar-refractivity contribution in [1.29, 1.82) is 0 Å². The van der Waals surface area contributed by atoms with Crippen LogP contribution < -0.4 is 11.1 Å². The number of nitrogen functional groups attached to an aromatic ring is 1. The van der Waals surface area contributed by atoms with E-state index in [-0.39, 0.29) is 23.4 Å². The fraction of sp³-hybridized carbons (Fsp3) is 0.364. The lowest BCUT2D eigenvalue weighted by Gasteiger charge is -2.31. The smallest absolute Gasteiger partial charge is 0.253 e. The van der Waals surface area contributed by atoms with Crippen molar-refractivity contribution in [2.75, 3.05) is 31.9 Å². The number of likely N-dealkylation sites (tertiary alicyclic amines) is 1. The van der Waals surface area contributed by atoms with Crippen LogP contribution in [0.3, 0.4) is 0 Å². The van der Waals surface area contributed by atoms with Crippen LogP contribution >= 0.6 is 0 Å². The number of hydrogen-bond acceptors (Lipinski definition) is 4. The summed E-state index contributed by atoms with van der Waals surface area (Å²) in [6.45, 7) is 3.18. The van der Waals surface area contributed by atoms with Gasteiger partial charge in [-0.2, -0.15) is 0 Å². The SMILES string of the molecule is Nc1ccccc1C(=O)NCCCN1CCC(C(=O)c2ccc(F)cc2)CC1. The molecule has 0 bridgehead atoms. The molecule has 5 nitrogen and oxygen atoms in total. The topological polar surface area (TPSA) is 75.4 Å². The van der Waals surface area contributed by atoms with Crippen LogP contribution in [0.5, 0.6) is 0 Å². The first kappa shape index (κ1) is 20.0. The Labute approximate surface area is 164 Å². The summed E-state index contributed by atoms with van der Waals surface area (Å²) < 4.78 is 13.0. The molecule has 1 heterocycles. The lowest BCUT2D eigenvalue weighted by molar-refractivity contribution is 0.0835. The minimum absolute atomic E-state index is 0.00229. The van der Waals surface area contributed by atoms with Gasteiger partial charge < -0.3 is 16.0 Å². The number of amides is 1. The Morgan fingerprint density at radius 2 is 1.75 bits per heavy atom. The van der Waals surface area contributed by atoms with Crippen LogP contribution in [0, 0.1) is 11.7 Å². The van der Waals surface area contributed by atoms with E-state index in [4.69, 9.17) is 5.73 Å². The molecule has 1 aliphatic heterocycles. The molecule has 3 N–H and O–H groups in total. The highest BCUT2D eigenvalue weighted by molar-refractivity contribution is 5.99. The van der Waals surface area contributed by atoms with E-state index in [9.17, 15) is 14.0 Å². The summed E-state index contributed by atoms with van der Waals surface area (Å²) in [6, 6.07) is 12.8. The lowest BCUT2D eigenvalue weighted by atomic mass is 9.89. The number of rotatable bonds is 7. The van der Waals surface area contributed by atoms with Gasteiger partial charge in [-0.3, -0.25) is 9.59 Å². The second kappa shape index (κ2) is 9.46. The standard InChI is InChI=1S/C22H26FN3O2/c23-18-8-6-16(7-9-18)21(27)17-10-14-26(15-11-17)13-3-12-25-22(28)19-4-1-2-5-20(19)24/h1-2,4-9,17H,3,10-15,24H2,(H,25,28). The Hall–Kier alpha value is -2.73. The van der Waals surface area contributed by atoms with E-state index in [0.717, 1.165) is 38.9 Å². The average molecular weight is 383 g/mol. The van der Waals surface area contributed by atoms with Crippen LogP contribution in [0.15, 0.2) is 48.5 Å². The van der Waals surface area contributed by atoms with Crippen molar-refractivity contribution < 1.29 is 14.0 Å². The maximum Gasteiger partial charge on any atom is 0.253 e. The predicted molar refractivity (Wildman–Crippen MR) is 108 cm³/mol. The summed E-state index contributed by atoms with van der Waals surface area (Å²) in [5.74, 6) is -0.370. The second-order valence-electron chi connectivity index (χ2n) is 7.18. The van der Waals surface area contributed by atoms with Gasteiger partial charge in [0.25, 0.3) is 5.91 Å². The number of Topliss-reactive ketones (excluding diaryl/α,β-unsaturated/α-hetero) is 1. The normalized spacial score (nSPS) is 15.3. The number of carbonyl (C=O) groups excluding carboxylic acids is 2. The van der Waals surface area contributed by atoms with Gasteiger partial charge in [-0.1, -0.05) is 12.1 Å². The van der Waals surface area contributed by atoms with E-state index in [0.29, 0.717) is 23.4 Å². The van der Waals surface area contributed by atoms with Crippen LogP contribution in [-0.4, -0.2) is 42.8 Å². The van der Waals surface area contributed by atoms with Gasteiger partial charge in [0.05, 0.1) is 5.56 Å². The molecule has 0 atom stereocenters. The second-order valence-corrected chi connectivity index (χ2v) is 7.18. The number of carbonyl (C=O) groups is 2. The van der Waals surface area contributed by atoms with Gasteiger partial charge in [-0.25, -0.2) is 4.39 Å². The fourth-order valence-corrected chi connectivity index (χ4v) is 3.57. The number of piperidine rings is 1. The molecule has 0 saturated carbocycles. The predicted octanol–water partition coefficient (Wildman–Crippen LogP) is 3.12. The van der Waals surface area contributed by atoms with Gasteiger partial charge >= 0.3 is 0 Å². The molecule has 1 amide bonds. The largest absolute Gasteiger partial charge is 0.398 e. The van der Waals surface area contributed by atoms with Crippen LogP contribution in [0.1, 0.15) is 40.0 Å². The number of nitrogens with zero attached hydrogens (tertiary/aromatic N) is 1. The molecule has 0 unspecified atom stereocenters. The van der Waals surface area contributed by atoms with E-state index in [1.54, 1.807) is 36.4 Å². The van der Waals surface area contributed by atoms with Gasteiger partial charge in [0.1, 0.15) is 5.82 Å². The number of hydrogen-bond donors (Lipinski definition) is 2. The van der Waals surface area contributed by atoms with Crippen molar-refractivity contribution in [3.63, 3.8) is 0 Å². The number of nitrogens with two attached hydrogens (primary N) is 1. The number of ketones is 1. The first-order chi connectivity index (χ1) is 13.5. The van der Waals surface area contributed by atoms with Crippen molar-refractivity contribution in [3.8, 4) is 0 Å². The highest BCUT2D eigenvalue weighted by atomic mass is 19.1. The third-order valence-corrected chi connectivity index (χ3v) is 5.23. The summed E-state index contributed by atoms with van der Waals surface area (Å²) in [7, 11) is 0. The minimum atomic E-state index is -0.326. The van der Waals surface area contributed by atoms with Crippen LogP contribution in [-0.2, 0) is 0 Å². The molecule has 2 aromatic rings. The Morgan fingerprint density at radius 1 is 1.07 bits per heavy atom. The summed E-state index contributed by atoms with van der Waals surface area (Å²) in [5, 5.41) is 2.90. The molecule has 0 spiro atoms. The van der Waals surface area contributed by atoms with Gasteiger partial charge in [0, 0.05) is 23.7 Å². The maximum atomic E-state index is 13.0. The molecular formula is C22H26FN3O2. The average Bonchev–Trinajstić information content (AvgIpc) is 2.72. The van der Waals surface area contributed by atoms with E-state index >= 15 is 0 Å². The zero-order valence-electron chi connectivity index (χ0n) is 15.9. The van der Waals surface area contributed by atoms with E-state index < -0.39 is 0 Å². The Balaban J connectivity index is 1.37. The van der Waals surface area contributed by atoms with Crippen LogP contribution in [0.4, 0.5) is 10.1 Å². The minimum Gasteiger partial charge on any atom is -0.398 e. The zero-order valence-corrected chi connectivity index (χ0v) is 15.9. The Kier molecular flexibility index (Phi) is 6.76. The Bertz CT molecular complexity index is 815. The molecule has 3 rings (SSSR count). The van der Waals surface area contributed by atoms with Crippen molar-refractivity contribution in [2.24, 2.45) is 5.92 Å². The van der Waals surface area contributed by atoms with Crippen molar-refractivity contribution in [2.45, 2.75) is 19.3 Å². The third-order valence-electron chi connectivity index (χ3n) is 5.23. The fourth-order valence-electron chi connectivity index (χ4n) is 3.57. The van der Waals surface area contributed by atoms with E-state index in [1.807, 2.05) is 0 Å². The van der Waals surface area contributed by atoms with Gasteiger partial charge in [-0.05, 0) is 75.3 Å². The number of nitrogens with one attached hydrogen (secondary N) is 1. The summed E-state index contributed by atoms with van der Waals surface area (Å²) >= 11 is 0. The summed E-state index contributed by atoms with van der Waals surface area (Å²) in [4.78, 5) is 27.0. The first-order valence-electron chi connectivity index (χ1n) is 9.69. The quantitative estimate of drug-likeness (QED) is 0.438. The molecule has 1 fully saturated rings. The summed E-state index contributed by atoms with van der Waals surface area (Å²) in [5.41, 5.74) is 7.38. The molecule has 0 aromatic heterocycles. The number of halogens is 1. The van der Waals surface area contributed by atoms with Crippen molar-refractivity contribution in [3.05, 3.63) is 65.5 Å². The monoisotopic (exact) mass is 383 g/mol. The molecule has 1 saturated heterocycles. The van der Waals surface area contributed by atoms with Crippen LogP contribution in [0.25, 0.3) is 0 Å². The molecule has 0 radical (unpaired) electrons. The maximum absolute atomic E-state index is 13.0. The highest BCUT2D eigenvalue weighted by Crippen LogP contribution is 2.22. The molecule has 0 aliphatic carbocycles. The lowest BCUT2D eigenvalue weighted by Crippen LogP contribution is -2.38. The Morgan fingerprint density at radius 3 is 2.43 bits per heavy atom. The molecule has 1 aliphatic rings. The van der Waals surface area contributed by atoms with Gasteiger partial charge in [0.2, 0.25) is 0 Å². The number of benzene rings is 2. The molecule has 2 aromatic carbocycles. The van der Waals surface area contributed by atoms with Crippen LogP contribution in [0.2, 0.25) is 0 Å². The highest BCUT2D eigenvalue weighted by Gasteiger charge is 2.25. The first-order valence-corrected chi connectivity index (χ1v) is 9.69.